The first kappa shape index (κ1) is 20.4. The molecule has 0 heterocycles. The number of methoxy groups -OCH3 is 1. The molecule has 0 fully saturated rings. The molecule has 0 bridgehead atoms. The first-order valence-electron chi connectivity index (χ1n) is 7.58. The van der Waals surface area contributed by atoms with Crippen LogP contribution in [-0.2, 0) is 20.7 Å². The van der Waals surface area contributed by atoms with Crippen molar-refractivity contribution in [3.05, 3.63) is 57.0 Å². The fourth-order valence-corrected chi connectivity index (χ4v) is 2.74. The van der Waals surface area contributed by atoms with Crippen molar-refractivity contribution in [3.8, 4) is 5.75 Å². The minimum atomic E-state index is -1.03. The number of esters is 1. The summed E-state index contributed by atoms with van der Waals surface area (Å²) in [4.78, 5) is 24.3. The third-order valence-electron chi connectivity index (χ3n) is 3.47. The Labute approximate surface area is 166 Å². The van der Waals surface area contributed by atoms with Crippen molar-refractivity contribution in [1.82, 2.24) is 0 Å². The maximum absolute atomic E-state index is 12.2. The summed E-state index contributed by atoms with van der Waals surface area (Å²) in [6.07, 6.45) is -1.04. The molecule has 0 aliphatic heterocycles. The van der Waals surface area contributed by atoms with Gasteiger partial charge in [-0.1, -0.05) is 53.0 Å². The Morgan fingerprint density at radius 3 is 2.42 bits per heavy atom. The van der Waals surface area contributed by atoms with Gasteiger partial charge in [0.25, 0.3) is 5.91 Å². The van der Waals surface area contributed by atoms with Crippen LogP contribution in [0.5, 0.6) is 5.75 Å². The van der Waals surface area contributed by atoms with Crippen molar-refractivity contribution in [1.29, 1.82) is 0 Å². The number of benzene rings is 2. The van der Waals surface area contributed by atoms with Gasteiger partial charge in [-0.05, 0) is 25.1 Å². The molecule has 0 saturated carbocycles. The summed E-state index contributed by atoms with van der Waals surface area (Å²) in [7, 11) is 1.52. The van der Waals surface area contributed by atoms with Crippen LogP contribution in [0.4, 0.5) is 5.69 Å². The molecule has 1 unspecified atom stereocenters. The van der Waals surface area contributed by atoms with Crippen molar-refractivity contribution < 1.29 is 19.1 Å². The van der Waals surface area contributed by atoms with Crippen LogP contribution in [0.1, 0.15) is 12.5 Å². The van der Waals surface area contributed by atoms with Crippen LogP contribution < -0.4 is 10.1 Å². The fraction of sp³-hybridized carbons (Fsp3) is 0.222. The van der Waals surface area contributed by atoms with Crippen LogP contribution in [0.3, 0.4) is 0 Å². The first-order chi connectivity index (χ1) is 12.3. The Morgan fingerprint density at radius 1 is 1.08 bits per heavy atom. The number of carbonyl (C=O) groups excluding carboxylic acids is 2. The van der Waals surface area contributed by atoms with Gasteiger partial charge in [0.15, 0.2) is 6.10 Å². The van der Waals surface area contributed by atoms with Gasteiger partial charge >= 0.3 is 5.97 Å². The second-order valence-corrected chi connectivity index (χ2v) is 6.58. The lowest BCUT2D eigenvalue weighted by Gasteiger charge is -2.15. The van der Waals surface area contributed by atoms with Crippen molar-refractivity contribution in [2.24, 2.45) is 0 Å². The highest BCUT2D eigenvalue weighted by molar-refractivity contribution is 6.44. The van der Waals surface area contributed by atoms with E-state index in [1.807, 2.05) is 0 Å². The Balaban J connectivity index is 1.98. The number of amides is 1. The molecule has 0 aliphatic carbocycles. The van der Waals surface area contributed by atoms with Crippen molar-refractivity contribution in [2.45, 2.75) is 19.4 Å². The molecule has 5 nitrogen and oxygen atoms in total. The lowest BCUT2D eigenvalue weighted by atomic mass is 10.1. The highest BCUT2D eigenvalue weighted by Gasteiger charge is 2.20. The summed E-state index contributed by atoms with van der Waals surface area (Å²) in [6, 6.07) is 9.91. The molecular formula is C18H16Cl3NO4. The summed E-state index contributed by atoms with van der Waals surface area (Å²) >= 11 is 17.8. The monoisotopic (exact) mass is 415 g/mol. The Kier molecular flexibility index (Phi) is 7.14. The van der Waals surface area contributed by atoms with E-state index in [1.54, 1.807) is 24.3 Å². The summed E-state index contributed by atoms with van der Waals surface area (Å²) < 4.78 is 10.4. The molecule has 26 heavy (non-hydrogen) atoms. The molecule has 0 aromatic heterocycles. The number of para-hydroxylation sites is 1. The number of carbonyl (C=O) groups is 2. The van der Waals surface area contributed by atoms with E-state index in [-0.39, 0.29) is 27.2 Å². The molecule has 1 amide bonds. The molecule has 8 heteroatoms. The zero-order valence-electron chi connectivity index (χ0n) is 14.0. The minimum Gasteiger partial charge on any atom is -0.496 e. The molecule has 0 spiro atoms. The third-order valence-corrected chi connectivity index (χ3v) is 4.51. The molecule has 2 aromatic carbocycles. The van der Waals surface area contributed by atoms with Gasteiger partial charge in [-0.3, -0.25) is 9.59 Å². The maximum atomic E-state index is 12.2. The molecule has 2 rings (SSSR count). The van der Waals surface area contributed by atoms with Crippen LogP contribution in [0.2, 0.25) is 15.1 Å². The lowest BCUT2D eigenvalue weighted by Crippen LogP contribution is -2.30. The Hall–Kier alpha value is -1.95. The summed E-state index contributed by atoms with van der Waals surface area (Å²) in [6.45, 7) is 1.46. The number of hydrogen-bond donors (Lipinski definition) is 1. The molecule has 0 aliphatic rings. The Bertz CT molecular complexity index is 826. The highest BCUT2D eigenvalue weighted by atomic mass is 35.5. The highest BCUT2D eigenvalue weighted by Crippen LogP contribution is 2.32. The van der Waals surface area contributed by atoms with E-state index in [4.69, 9.17) is 44.3 Å². The molecule has 1 atom stereocenters. The number of rotatable bonds is 6. The van der Waals surface area contributed by atoms with Crippen LogP contribution in [0.25, 0.3) is 0 Å². The zero-order chi connectivity index (χ0) is 19.3. The average molecular weight is 417 g/mol. The first-order valence-corrected chi connectivity index (χ1v) is 8.72. The van der Waals surface area contributed by atoms with Crippen LogP contribution in [0.15, 0.2) is 36.4 Å². The zero-order valence-corrected chi connectivity index (χ0v) is 16.3. The fourth-order valence-electron chi connectivity index (χ4n) is 2.15. The van der Waals surface area contributed by atoms with Gasteiger partial charge < -0.3 is 14.8 Å². The molecule has 0 radical (unpaired) electrons. The number of nitrogens with one attached hydrogen (secondary N) is 1. The standard InChI is InChI=1S/C18H16Cl3NO4/c1-10(18(24)22-15-9-13(20)12(19)8-14(15)21)26-17(23)7-11-5-3-4-6-16(11)25-2/h3-6,8-10H,7H2,1-2H3,(H,22,24). The average Bonchev–Trinajstić information content (AvgIpc) is 2.59. The quantitative estimate of drug-likeness (QED) is 0.544. The van der Waals surface area contributed by atoms with E-state index in [0.29, 0.717) is 11.3 Å². The maximum Gasteiger partial charge on any atom is 0.311 e. The third kappa shape index (κ3) is 5.27. The minimum absolute atomic E-state index is 0.0187. The topological polar surface area (TPSA) is 64.6 Å². The van der Waals surface area contributed by atoms with Crippen LogP contribution >= 0.6 is 34.8 Å². The van der Waals surface area contributed by atoms with Gasteiger partial charge in [0.2, 0.25) is 0 Å². The predicted molar refractivity (Wildman–Crippen MR) is 102 cm³/mol. The molecular weight excluding hydrogens is 401 g/mol. The van der Waals surface area contributed by atoms with Gasteiger partial charge in [0.05, 0.1) is 34.3 Å². The molecule has 0 saturated heterocycles. The summed E-state index contributed by atoms with van der Waals surface area (Å²) in [5.74, 6) is -0.528. The largest absolute Gasteiger partial charge is 0.496 e. The van der Waals surface area contributed by atoms with E-state index in [2.05, 4.69) is 5.32 Å². The van der Waals surface area contributed by atoms with Crippen LogP contribution in [0, 0.1) is 0 Å². The van der Waals surface area contributed by atoms with Crippen LogP contribution in [-0.4, -0.2) is 25.1 Å². The number of anilines is 1. The lowest BCUT2D eigenvalue weighted by molar-refractivity contribution is -0.152. The number of halogens is 3. The normalized spacial score (nSPS) is 11.6. The van der Waals surface area contributed by atoms with E-state index in [0.717, 1.165) is 0 Å². The number of ether oxygens (including phenoxy) is 2. The van der Waals surface area contributed by atoms with E-state index >= 15 is 0 Å². The second-order valence-electron chi connectivity index (χ2n) is 5.36. The predicted octanol–water partition coefficient (Wildman–Crippen LogP) is 4.77. The summed E-state index contributed by atoms with van der Waals surface area (Å²) in [5, 5.41) is 3.29. The molecule has 2 aromatic rings. The van der Waals surface area contributed by atoms with Gasteiger partial charge in [-0.15, -0.1) is 0 Å². The second kappa shape index (κ2) is 9.12. The van der Waals surface area contributed by atoms with Gasteiger partial charge in [-0.2, -0.15) is 0 Å². The van der Waals surface area contributed by atoms with Crippen molar-refractivity contribution >= 4 is 52.4 Å². The smallest absolute Gasteiger partial charge is 0.311 e. The van der Waals surface area contributed by atoms with E-state index in [1.165, 1.54) is 26.2 Å². The van der Waals surface area contributed by atoms with Crippen molar-refractivity contribution in [3.63, 3.8) is 0 Å². The molecule has 138 valence electrons. The van der Waals surface area contributed by atoms with E-state index < -0.39 is 18.0 Å². The number of hydrogen-bond acceptors (Lipinski definition) is 4. The van der Waals surface area contributed by atoms with Gasteiger partial charge in [-0.25, -0.2) is 0 Å². The summed E-state index contributed by atoms with van der Waals surface area (Å²) in [5.41, 5.74) is 0.943. The Morgan fingerprint density at radius 2 is 1.73 bits per heavy atom. The SMILES string of the molecule is COc1ccccc1CC(=O)OC(C)C(=O)Nc1cc(Cl)c(Cl)cc1Cl. The van der Waals surface area contributed by atoms with Gasteiger partial charge in [0.1, 0.15) is 5.75 Å². The van der Waals surface area contributed by atoms with E-state index in [9.17, 15) is 9.59 Å². The van der Waals surface area contributed by atoms with Crippen molar-refractivity contribution in [2.75, 3.05) is 12.4 Å². The van der Waals surface area contributed by atoms with Gasteiger partial charge in [0, 0.05) is 5.56 Å². The molecule has 1 N–H and O–H groups in total.